The predicted molar refractivity (Wildman–Crippen MR) is 122 cm³/mol. The summed E-state index contributed by atoms with van der Waals surface area (Å²) in [4.78, 5) is 29.9. The molecule has 0 saturated heterocycles. The monoisotopic (exact) mass is 434 g/mol. The maximum Gasteiger partial charge on any atom is 0.290 e. The second kappa shape index (κ2) is 8.42. The molecule has 166 valence electrons. The lowest BCUT2D eigenvalue weighted by molar-refractivity contribution is -0.129. The van der Waals surface area contributed by atoms with Crippen LogP contribution in [0.3, 0.4) is 0 Å². The molecule has 32 heavy (non-hydrogen) atoms. The minimum Gasteiger partial charge on any atom is -0.503 e. The molecule has 1 aliphatic rings. The van der Waals surface area contributed by atoms with E-state index in [0.29, 0.717) is 29.7 Å². The van der Waals surface area contributed by atoms with Crippen molar-refractivity contribution in [2.45, 2.75) is 19.4 Å². The van der Waals surface area contributed by atoms with Crippen molar-refractivity contribution in [3.05, 3.63) is 71.2 Å². The van der Waals surface area contributed by atoms with Crippen LogP contribution in [0.5, 0.6) is 5.75 Å². The van der Waals surface area contributed by atoms with Gasteiger partial charge in [-0.2, -0.15) is 0 Å². The molecule has 0 spiro atoms. The summed E-state index contributed by atoms with van der Waals surface area (Å²) in [5.74, 6) is -1.05. The van der Waals surface area contributed by atoms with E-state index in [4.69, 9.17) is 9.15 Å². The van der Waals surface area contributed by atoms with Crippen LogP contribution >= 0.6 is 0 Å². The lowest BCUT2D eigenvalue weighted by atomic mass is 9.94. The number of hydrogen-bond acceptors (Lipinski definition) is 6. The standard InChI is InChI=1S/C25H26N2O5/c1-5-13-27-21(15-9-11-17(12-10-15)26(2)3)20(23(29)25(27)30)22(28)19-14-16-7-6-8-18(31-4)24(16)32-19/h6-12,14,21,29H,5,13H2,1-4H3. The number of methoxy groups -OCH3 is 1. The molecule has 1 N–H and O–H groups in total. The van der Waals surface area contributed by atoms with Crippen molar-refractivity contribution in [2.24, 2.45) is 0 Å². The van der Waals surface area contributed by atoms with Gasteiger partial charge in [-0.1, -0.05) is 31.2 Å². The number of anilines is 1. The van der Waals surface area contributed by atoms with E-state index in [1.165, 1.54) is 12.0 Å². The molecule has 3 aromatic rings. The molecule has 1 unspecified atom stereocenters. The zero-order valence-electron chi connectivity index (χ0n) is 18.6. The number of amides is 1. The fourth-order valence-electron chi connectivity index (χ4n) is 4.10. The molecular formula is C25H26N2O5. The van der Waals surface area contributed by atoms with Crippen molar-refractivity contribution in [2.75, 3.05) is 32.6 Å². The van der Waals surface area contributed by atoms with Crippen molar-refractivity contribution < 1.29 is 23.8 Å². The van der Waals surface area contributed by atoms with Gasteiger partial charge in [-0.3, -0.25) is 9.59 Å². The van der Waals surface area contributed by atoms with Gasteiger partial charge in [-0.15, -0.1) is 0 Å². The highest BCUT2D eigenvalue weighted by atomic mass is 16.5. The smallest absolute Gasteiger partial charge is 0.290 e. The summed E-state index contributed by atoms with van der Waals surface area (Å²) in [5, 5.41) is 11.4. The Kier molecular flexibility index (Phi) is 5.65. The molecule has 1 aromatic heterocycles. The Morgan fingerprint density at radius 2 is 1.91 bits per heavy atom. The summed E-state index contributed by atoms with van der Waals surface area (Å²) in [6.45, 7) is 2.36. The number of rotatable bonds is 7. The Hall–Kier alpha value is -3.74. The van der Waals surface area contributed by atoms with Gasteiger partial charge in [0.15, 0.2) is 22.9 Å². The van der Waals surface area contributed by atoms with Gasteiger partial charge in [0.2, 0.25) is 5.78 Å². The number of fused-ring (bicyclic) bond motifs is 1. The summed E-state index contributed by atoms with van der Waals surface area (Å²) in [6.07, 6.45) is 0.689. The number of hydrogen-bond donors (Lipinski definition) is 1. The number of aliphatic hydroxyl groups is 1. The van der Waals surface area contributed by atoms with E-state index in [0.717, 1.165) is 11.3 Å². The van der Waals surface area contributed by atoms with Crippen molar-refractivity contribution in [1.29, 1.82) is 0 Å². The number of furan rings is 1. The third-order valence-electron chi connectivity index (χ3n) is 5.69. The topological polar surface area (TPSA) is 83.2 Å². The average Bonchev–Trinajstić information content (AvgIpc) is 3.34. The highest BCUT2D eigenvalue weighted by molar-refractivity contribution is 6.16. The lowest BCUT2D eigenvalue weighted by Crippen LogP contribution is -2.31. The zero-order valence-corrected chi connectivity index (χ0v) is 18.6. The lowest BCUT2D eigenvalue weighted by Gasteiger charge is -2.26. The first kappa shape index (κ1) is 21.5. The number of carbonyl (C=O) groups excluding carboxylic acids is 2. The highest BCUT2D eigenvalue weighted by Crippen LogP contribution is 2.40. The summed E-state index contributed by atoms with van der Waals surface area (Å²) in [5.41, 5.74) is 2.21. The number of nitrogens with zero attached hydrogens (tertiary/aromatic N) is 2. The second-order valence-corrected chi connectivity index (χ2v) is 7.97. The fraction of sp³-hybridized carbons (Fsp3) is 0.280. The molecule has 1 atom stereocenters. The van der Waals surface area contributed by atoms with Crippen LogP contribution in [-0.2, 0) is 4.79 Å². The van der Waals surface area contributed by atoms with Crippen LogP contribution in [0.4, 0.5) is 5.69 Å². The number of ether oxygens (including phenoxy) is 1. The van der Waals surface area contributed by atoms with E-state index in [9.17, 15) is 14.7 Å². The molecule has 0 radical (unpaired) electrons. The van der Waals surface area contributed by atoms with E-state index in [-0.39, 0.29) is 11.3 Å². The molecule has 0 aliphatic carbocycles. The summed E-state index contributed by atoms with van der Waals surface area (Å²) >= 11 is 0. The number of carbonyl (C=O) groups is 2. The third kappa shape index (κ3) is 3.49. The maximum atomic E-state index is 13.5. The first-order valence-corrected chi connectivity index (χ1v) is 10.5. The number of aliphatic hydroxyl groups excluding tert-OH is 1. The van der Waals surface area contributed by atoms with Gasteiger partial charge >= 0.3 is 0 Å². The SMILES string of the molecule is CCCN1C(=O)C(O)=C(C(=O)c2cc3cccc(OC)c3o2)C1c1ccc(N(C)C)cc1. The van der Waals surface area contributed by atoms with Gasteiger partial charge < -0.3 is 24.1 Å². The van der Waals surface area contributed by atoms with Crippen LogP contribution < -0.4 is 9.64 Å². The molecule has 0 fully saturated rings. The average molecular weight is 434 g/mol. The Morgan fingerprint density at radius 1 is 1.19 bits per heavy atom. The van der Waals surface area contributed by atoms with Gasteiger partial charge in [0.25, 0.3) is 5.91 Å². The predicted octanol–water partition coefficient (Wildman–Crippen LogP) is 4.50. The van der Waals surface area contributed by atoms with Crippen molar-refractivity contribution in [3.8, 4) is 5.75 Å². The molecule has 2 heterocycles. The Balaban J connectivity index is 1.80. The quantitative estimate of drug-likeness (QED) is 0.552. The first-order chi connectivity index (χ1) is 15.4. The van der Waals surface area contributed by atoms with Crippen molar-refractivity contribution in [3.63, 3.8) is 0 Å². The van der Waals surface area contributed by atoms with Crippen LogP contribution in [-0.4, -0.2) is 49.4 Å². The molecule has 7 heteroatoms. The van der Waals surface area contributed by atoms with Crippen LogP contribution in [0.2, 0.25) is 0 Å². The Labute approximate surface area is 186 Å². The van der Waals surface area contributed by atoms with Gasteiger partial charge in [-0.25, -0.2) is 0 Å². The van der Waals surface area contributed by atoms with Crippen LogP contribution in [0.25, 0.3) is 11.0 Å². The molecule has 1 amide bonds. The third-order valence-corrected chi connectivity index (χ3v) is 5.69. The molecule has 7 nitrogen and oxygen atoms in total. The van der Waals surface area contributed by atoms with E-state index in [1.54, 1.807) is 18.2 Å². The fourth-order valence-corrected chi connectivity index (χ4v) is 4.10. The summed E-state index contributed by atoms with van der Waals surface area (Å²) < 4.78 is 11.1. The van der Waals surface area contributed by atoms with Crippen LogP contribution in [0, 0.1) is 0 Å². The van der Waals surface area contributed by atoms with Gasteiger partial charge in [-0.05, 0) is 36.2 Å². The highest BCUT2D eigenvalue weighted by Gasteiger charge is 2.44. The Bertz CT molecular complexity index is 1210. The molecule has 4 rings (SSSR count). The van der Waals surface area contributed by atoms with Crippen molar-refractivity contribution >= 4 is 28.3 Å². The van der Waals surface area contributed by atoms with Gasteiger partial charge in [0.1, 0.15) is 0 Å². The Morgan fingerprint density at radius 3 is 2.53 bits per heavy atom. The molecule has 0 bridgehead atoms. The van der Waals surface area contributed by atoms with Crippen LogP contribution in [0.1, 0.15) is 35.5 Å². The van der Waals surface area contributed by atoms with E-state index >= 15 is 0 Å². The minimum atomic E-state index is -0.693. The molecule has 2 aromatic carbocycles. The van der Waals surface area contributed by atoms with Crippen LogP contribution in [0.15, 0.2) is 64.3 Å². The normalized spacial score (nSPS) is 16.2. The number of benzene rings is 2. The molecule has 0 saturated carbocycles. The summed E-state index contributed by atoms with van der Waals surface area (Å²) in [7, 11) is 5.40. The van der Waals surface area contributed by atoms with E-state index in [2.05, 4.69) is 0 Å². The second-order valence-electron chi connectivity index (χ2n) is 7.97. The van der Waals surface area contributed by atoms with E-state index in [1.807, 2.05) is 56.3 Å². The minimum absolute atomic E-state index is 0.0269. The number of ketones is 1. The maximum absolute atomic E-state index is 13.5. The van der Waals surface area contributed by atoms with Crippen molar-refractivity contribution in [1.82, 2.24) is 4.90 Å². The summed E-state index contributed by atoms with van der Waals surface area (Å²) in [6, 6.07) is 13.9. The number of Topliss-reactive ketones (excluding diaryl/α,β-unsaturated/α-hetero) is 1. The molecular weight excluding hydrogens is 408 g/mol. The zero-order chi connectivity index (χ0) is 23.0. The largest absolute Gasteiger partial charge is 0.503 e. The van der Waals surface area contributed by atoms with E-state index < -0.39 is 23.5 Å². The molecule has 1 aliphatic heterocycles. The van der Waals surface area contributed by atoms with Gasteiger partial charge in [0, 0.05) is 31.7 Å². The number of para-hydroxylation sites is 1. The van der Waals surface area contributed by atoms with Gasteiger partial charge in [0.05, 0.1) is 18.7 Å². The first-order valence-electron chi connectivity index (χ1n) is 10.5.